The molecule has 138 valence electrons. The summed E-state index contributed by atoms with van der Waals surface area (Å²) < 4.78 is 10.2. The molecular formula is C19H16ClN3O4. The number of nitrogens with one attached hydrogen (secondary N) is 1. The van der Waals surface area contributed by atoms with E-state index in [9.17, 15) is 9.59 Å². The van der Waals surface area contributed by atoms with Crippen molar-refractivity contribution in [3.63, 3.8) is 0 Å². The van der Waals surface area contributed by atoms with E-state index in [-0.39, 0.29) is 18.4 Å². The van der Waals surface area contributed by atoms with Crippen LogP contribution in [0, 0.1) is 0 Å². The third-order valence-electron chi connectivity index (χ3n) is 3.63. The van der Waals surface area contributed by atoms with Crippen LogP contribution in [0.15, 0.2) is 59.1 Å². The van der Waals surface area contributed by atoms with Crippen LogP contribution < -0.4 is 5.32 Å². The summed E-state index contributed by atoms with van der Waals surface area (Å²) in [5, 5.41) is 6.96. The number of esters is 1. The molecule has 0 aliphatic carbocycles. The number of carbonyl (C=O) groups is 2. The van der Waals surface area contributed by atoms with E-state index in [4.69, 9.17) is 20.9 Å². The van der Waals surface area contributed by atoms with E-state index >= 15 is 0 Å². The standard InChI is InChI=1S/C19H16ClN3O4/c1-12(21-18(24)13-6-3-2-4-7-13)19(25)26-11-16-22-17(23-27-16)14-8-5-9-15(20)10-14/h2-10,12H,11H2,1H3,(H,21,24)/t12-/m0/s1. The summed E-state index contributed by atoms with van der Waals surface area (Å²) in [5.74, 6) is -0.489. The maximum Gasteiger partial charge on any atom is 0.328 e. The van der Waals surface area contributed by atoms with Crippen molar-refractivity contribution in [3.8, 4) is 11.4 Å². The first kappa shape index (κ1) is 18.6. The fourth-order valence-corrected chi connectivity index (χ4v) is 2.43. The molecule has 3 aromatic rings. The Labute approximate surface area is 160 Å². The number of aromatic nitrogens is 2. The van der Waals surface area contributed by atoms with Crippen molar-refractivity contribution >= 4 is 23.5 Å². The van der Waals surface area contributed by atoms with Crippen molar-refractivity contribution in [2.24, 2.45) is 0 Å². The molecule has 0 aliphatic heterocycles. The lowest BCUT2D eigenvalue weighted by molar-refractivity contribution is -0.147. The van der Waals surface area contributed by atoms with Crippen molar-refractivity contribution in [1.29, 1.82) is 0 Å². The summed E-state index contributed by atoms with van der Waals surface area (Å²) in [7, 11) is 0. The fraction of sp³-hybridized carbons (Fsp3) is 0.158. The molecule has 0 radical (unpaired) electrons. The van der Waals surface area contributed by atoms with Crippen LogP contribution in [0.1, 0.15) is 23.2 Å². The van der Waals surface area contributed by atoms with Crippen LogP contribution in [-0.4, -0.2) is 28.1 Å². The van der Waals surface area contributed by atoms with E-state index in [0.717, 1.165) is 0 Å². The number of amides is 1. The topological polar surface area (TPSA) is 94.3 Å². The molecule has 0 aliphatic rings. The molecule has 0 spiro atoms. The summed E-state index contributed by atoms with van der Waals surface area (Å²) in [5.41, 5.74) is 1.15. The Kier molecular flexibility index (Phi) is 5.83. The van der Waals surface area contributed by atoms with Crippen molar-refractivity contribution < 1.29 is 18.8 Å². The zero-order valence-electron chi connectivity index (χ0n) is 14.4. The Morgan fingerprint density at radius 2 is 1.96 bits per heavy atom. The molecule has 1 atom stereocenters. The first-order valence-corrected chi connectivity index (χ1v) is 8.52. The normalized spacial score (nSPS) is 11.6. The molecule has 2 aromatic carbocycles. The number of halogens is 1. The maximum absolute atomic E-state index is 12.1. The quantitative estimate of drug-likeness (QED) is 0.654. The van der Waals surface area contributed by atoms with Gasteiger partial charge < -0.3 is 14.6 Å². The second-order valence-corrected chi connectivity index (χ2v) is 6.13. The van der Waals surface area contributed by atoms with Crippen LogP contribution in [0.25, 0.3) is 11.4 Å². The first-order chi connectivity index (χ1) is 13.0. The summed E-state index contributed by atoms with van der Waals surface area (Å²) in [6, 6.07) is 14.8. The lowest BCUT2D eigenvalue weighted by atomic mass is 10.2. The van der Waals surface area contributed by atoms with Gasteiger partial charge in [-0.25, -0.2) is 4.79 Å². The third kappa shape index (κ3) is 4.92. The Morgan fingerprint density at radius 3 is 2.70 bits per heavy atom. The van der Waals surface area contributed by atoms with Crippen molar-refractivity contribution in [3.05, 3.63) is 71.1 Å². The Morgan fingerprint density at radius 1 is 1.19 bits per heavy atom. The monoisotopic (exact) mass is 385 g/mol. The molecule has 8 heteroatoms. The average Bonchev–Trinajstić information content (AvgIpc) is 3.16. The fourth-order valence-electron chi connectivity index (χ4n) is 2.24. The lowest BCUT2D eigenvalue weighted by Crippen LogP contribution is -2.39. The Bertz CT molecular complexity index is 943. The van der Waals surface area contributed by atoms with Crippen molar-refractivity contribution in [2.75, 3.05) is 0 Å². The lowest BCUT2D eigenvalue weighted by Gasteiger charge is -2.12. The molecule has 0 saturated carbocycles. The van der Waals surface area contributed by atoms with E-state index in [1.807, 2.05) is 0 Å². The Balaban J connectivity index is 1.54. The highest BCUT2D eigenvalue weighted by atomic mass is 35.5. The summed E-state index contributed by atoms with van der Waals surface area (Å²) in [4.78, 5) is 28.3. The molecule has 0 fully saturated rings. The summed E-state index contributed by atoms with van der Waals surface area (Å²) in [6.45, 7) is 1.34. The van der Waals surface area contributed by atoms with Gasteiger partial charge in [0.05, 0.1) is 0 Å². The minimum absolute atomic E-state index is 0.139. The number of carbonyl (C=O) groups excluding carboxylic acids is 2. The number of hydrogen-bond donors (Lipinski definition) is 1. The SMILES string of the molecule is C[C@H](NC(=O)c1ccccc1)C(=O)OCc1nc(-c2cccc(Cl)c2)no1. The van der Waals surface area contributed by atoms with Gasteiger partial charge in [0, 0.05) is 16.1 Å². The number of hydrogen-bond acceptors (Lipinski definition) is 6. The molecule has 7 nitrogen and oxygen atoms in total. The zero-order valence-corrected chi connectivity index (χ0v) is 15.1. The minimum atomic E-state index is -0.826. The van der Waals surface area contributed by atoms with Crippen LogP contribution in [0.3, 0.4) is 0 Å². The van der Waals surface area contributed by atoms with E-state index in [1.54, 1.807) is 54.6 Å². The van der Waals surface area contributed by atoms with Crippen LogP contribution in [0.4, 0.5) is 0 Å². The molecule has 0 bridgehead atoms. The summed E-state index contributed by atoms with van der Waals surface area (Å²) in [6.07, 6.45) is 0. The summed E-state index contributed by atoms with van der Waals surface area (Å²) >= 11 is 5.93. The maximum atomic E-state index is 12.1. The molecule has 27 heavy (non-hydrogen) atoms. The molecule has 1 aromatic heterocycles. The number of ether oxygens (including phenoxy) is 1. The van der Waals surface area contributed by atoms with E-state index in [2.05, 4.69) is 15.5 Å². The van der Waals surface area contributed by atoms with E-state index < -0.39 is 12.0 Å². The van der Waals surface area contributed by atoms with Gasteiger partial charge in [0.1, 0.15) is 6.04 Å². The predicted molar refractivity (Wildman–Crippen MR) is 97.9 cm³/mol. The van der Waals surface area contributed by atoms with Gasteiger partial charge in [-0.05, 0) is 31.2 Å². The Hall–Kier alpha value is -3.19. The van der Waals surface area contributed by atoms with Crippen molar-refractivity contribution in [1.82, 2.24) is 15.5 Å². The number of rotatable bonds is 6. The highest BCUT2D eigenvalue weighted by molar-refractivity contribution is 6.30. The second-order valence-electron chi connectivity index (χ2n) is 5.69. The van der Waals surface area contributed by atoms with Gasteiger partial charge in [-0.15, -0.1) is 0 Å². The first-order valence-electron chi connectivity index (χ1n) is 8.14. The number of benzene rings is 2. The van der Waals surface area contributed by atoms with Crippen LogP contribution in [0.5, 0.6) is 0 Å². The van der Waals surface area contributed by atoms with Crippen LogP contribution in [0.2, 0.25) is 5.02 Å². The molecule has 1 amide bonds. The highest BCUT2D eigenvalue weighted by Crippen LogP contribution is 2.20. The van der Waals surface area contributed by atoms with Gasteiger partial charge in [-0.2, -0.15) is 4.98 Å². The van der Waals surface area contributed by atoms with E-state index in [1.165, 1.54) is 6.92 Å². The number of nitrogens with zero attached hydrogens (tertiary/aromatic N) is 2. The molecule has 3 rings (SSSR count). The molecule has 1 heterocycles. The smallest absolute Gasteiger partial charge is 0.328 e. The van der Waals surface area contributed by atoms with Gasteiger partial charge in [-0.1, -0.05) is 47.1 Å². The molecule has 0 saturated heterocycles. The minimum Gasteiger partial charge on any atom is -0.454 e. The third-order valence-corrected chi connectivity index (χ3v) is 3.86. The second kappa shape index (κ2) is 8.46. The van der Waals surface area contributed by atoms with Gasteiger partial charge in [0.2, 0.25) is 5.82 Å². The van der Waals surface area contributed by atoms with Crippen LogP contribution in [-0.2, 0) is 16.1 Å². The van der Waals surface area contributed by atoms with Gasteiger partial charge in [0.15, 0.2) is 6.61 Å². The van der Waals surface area contributed by atoms with Crippen molar-refractivity contribution in [2.45, 2.75) is 19.6 Å². The van der Waals surface area contributed by atoms with Gasteiger partial charge >= 0.3 is 5.97 Å². The van der Waals surface area contributed by atoms with E-state index in [0.29, 0.717) is 22.0 Å². The molecule has 1 N–H and O–H groups in total. The van der Waals surface area contributed by atoms with Gasteiger partial charge in [0.25, 0.3) is 11.8 Å². The largest absolute Gasteiger partial charge is 0.454 e. The average molecular weight is 386 g/mol. The van der Waals surface area contributed by atoms with Crippen LogP contribution >= 0.6 is 11.6 Å². The highest BCUT2D eigenvalue weighted by Gasteiger charge is 2.19. The molecule has 0 unspecified atom stereocenters. The predicted octanol–water partition coefficient (Wildman–Crippen LogP) is 3.25. The zero-order chi connectivity index (χ0) is 19.2. The van der Waals surface area contributed by atoms with Gasteiger partial charge in [-0.3, -0.25) is 4.79 Å². The molecular weight excluding hydrogens is 370 g/mol.